The van der Waals surface area contributed by atoms with Crippen LogP contribution in [0, 0.1) is 11.9 Å². The number of nitrogens with one attached hydrogen (secondary N) is 2. The van der Waals surface area contributed by atoms with E-state index in [0.717, 1.165) is 48.1 Å². The zero-order chi connectivity index (χ0) is 29.6. The number of pyridine rings is 1. The Kier molecular flexibility index (Phi) is 5.71. The summed E-state index contributed by atoms with van der Waals surface area (Å²) in [5, 5.41) is 11.1. The molecule has 8 rings (SSSR count). The fourth-order valence-corrected chi connectivity index (χ4v) is 6.67. The van der Waals surface area contributed by atoms with Gasteiger partial charge in [-0.25, -0.2) is 18.4 Å². The van der Waals surface area contributed by atoms with Gasteiger partial charge in [-0.05, 0) is 72.7 Å². The smallest absolute Gasteiger partial charge is 0.283 e. The highest BCUT2D eigenvalue weighted by atomic mass is 35.5. The lowest BCUT2D eigenvalue weighted by Crippen LogP contribution is -2.26. The SMILES string of the molecule is C=C1CCc2cc(-c3nc(C4C5CC5c5cc(-c6cc(Cl)ccc6-n6cc(C(F)F)nn6)cc(=O)n54)[nH]c3F)ccc2N1. The van der Waals surface area contributed by atoms with Crippen molar-refractivity contribution in [2.75, 3.05) is 5.32 Å². The van der Waals surface area contributed by atoms with Crippen LogP contribution in [0.15, 0.2) is 71.8 Å². The lowest BCUT2D eigenvalue weighted by atomic mass is 9.98. The van der Waals surface area contributed by atoms with E-state index in [4.69, 9.17) is 11.6 Å². The first-order valence-corrected chi connectivity index (χ1v) is 14.2. The van der Waals surface area contributed by atoms with Crippen LogP contribution < -0.4 is 10.9 Å². The third kappa shape index (κ3) is 4.21. The summed E-state index contributed by atoms with van der Waals surface area (Å²) in [6, 6.07) is 13.6. The molecule has 0 saturated heterocycles. The predicted octanol–water partition coefficient (Wildman–Crippen LogP) is 6.79. The molecule has 2 aliphatic heterocycles. The lowest BCUT2D eigenvalue weighted by molar-refractivity contribution is 0.146. The Balaban J connectivity index is 1.17. The number of aromatic nitrogens is 6. The van der Waals surface area contributed by atoms with Crippen molar-refractivity contribution in [1.82, 2.24) is 29.5 Å². The summed E-state index contributed by atoms with van der Waals surface area (Å²) < 4.78 is 44.7. The van der Waals surface area contributed by atoms with Gasteiger partial charge in [0.2, 0.25) is 5.95 Å². The van der Waals surface area contributed by atoms with E-state index in [1.807, 2.05) is 24.3 Å². The van der Waals surface area contributed by atoms with E-state index in [1.54, 1.807) is 22.8 Å². The van der Waals surface area contributed by atoms with Crippen LogP contribution in [0.2, 0.25) is 5.02 Å². The number of benzene rings is 2. The summed E-state index contributed by atoms with van der Waals surface area (Å²) in [7, 11) is 0. The summed E-state index contributed by atoms with van der Waals surface area (Å²) in [6.45, 7) is 3.99. The van der Waals surface area contributed by atoms with Gasteiger partial charge in [-0.1, -0.05) is 29.5 Å². The Bertz CT molecular complexity index is 2030. The van der Waals surface area contributed by atoms with Crippen LogP contribution in [0.5, 0.6) is 0 Å². The van der Waals surface area contributed by atoms with Crippen LogP contribution in [-0.4, -0.2) is 29.5 Å². The monoisotopic (exact) mass is 601 g/mol. The summed E-state index contributed by atoms with van der Waals surface area (Å²) in [5.74, 6) is 0.0703. The topological polar surface area (TPSA) is 93.4 Å². The molecule has 3 unspecified atom stereocenters. The van der Waals surface area contributed by atoms with Crippen LogP contribution in [-0.2, 0) is 6.42 Å². The van der Waals surface area contributed by atoms with Crippen molar-refractivity contribution in [1.29, 1.82) is 0 Å². The third-order valence-electron chi connectivity index (χ3n) is 8.60. The van der Waals surface area contributed by atoms with Gasteiger partial charge < -0.3 is 14.9 Å². The fourth-order valence-electron chi connectivity index (χ4n) is 6.50. The first-order chi connectivity index (χ1) is 20.7. The predicted molar refractivity (Wildman–Crippen MR) is 155 cm³/mol. The largest absolute Gasteiger partial charge is 0.359 e. The van der Waals surface area contributed by atoms with Crippen molar-refractivity contribution in [3.05, 3.63) is 111 Å². The Hall–Kier alpha value is -4.64. The zero-order valence-electron chi connectivity index (χ0n) is 22.5. The number of halogens is 4. The van der Waals surface area contributed by atoms with Crippen molar-refractivity contribution >= 4 is 17.3 Å². The number of hydrogen-bond donors (Lipinski definition) is 2. The van der Waals surface area contributed by atoms with Crippen LogP contribution in [0.4, 0.5) is 18.9 Å². The maximum absolute atomic E-state index is 15.3. The van der Waals surface area contributed by atoms with E-state index in [9.17, 15) is 13.6 Å². The number of allylic oxidation sites excluding steroid dienone is 1. The molecular weight excluding hydrogens is 579 g/mol. The molecule has 216 valence electrons. The number of hydrogen-bond acceptors (Lipinski definition) is 5. The molecule has 3 atom stereocenters. The minimum absolute atomic E-state index is 0.0999. The highest BCUT2D eigenvalue weighted by molar-refractivity contribution is 6.31. The molecule has 1 saturated carbocycles. The molecule has 0 radical (unpaired) electrons. The van der Waals surface area contributed by atoms with E-state index in [-0.39, 0.29) is 23.1 Å². The Morgan fingerprint density at radius 2 is 1.93 bits per heavy atom. The minimum atomic E-state index is -2.77. The molecule has 3 aliphatic rings. The second kappa shape index (κ2) is 9.43. The lowest BCUT2D eigenvalue weighted by Gasteiger charge is -2.20. The summed E-state index contributed by atoms with van der Waals surface area (Å²) in [5.41, 5.74) is 5.53. The van der Waals surface area contributed by atoms with Crippen molar-refractivity contribution < 1.29 is 13.2 Å². The molecule has 2 aromatic carbocycles. The quantitative estimate of drug-likeness (QED) is 0.231. The molecule has 1 aliphatic carbocycles. The Morgan fingerprint density at radius 1 is 1.07 bits per heavy atom. The average molecular weight is 602 g/mol. The molecule has 1 fully saturated rings. The van der Waals surface area contributed by atoms with Gasteiger partial charge in [-0.15, -0.1) is 5.10 Å². The average Bonchev–Trinajstić information content (AvgIpc) is 3.28. The van der Waals surface area contributed by atoms with Gasteiger partial charge in [0.1, 0.15) is 17.2 Å². The first-order valence-electron chi connectivity index (χ1n) is 13.9. The van der Waals surface area contributed by atoms with E-state index >= 15 is 4.39 Å². The van der Waals surface area contributed by atoms with Crippen molar-refractivity contribution in [3.63, 3.8) is 0 Å². The molecule has 8 nitrogen and oxygen atoms in total. The highest BCUT2D eigenvalue weighted by Gasteiger charge is 2.54. The molecule has 0 spiro atoms. The van der Waals surface area contributed by atoms with Crippen LogP contribution in [0.25, 0.3) is 28.1 Å². The number of aromatic amines is 1. The van der Waals surface area contributed by atoms with Crippen LogP contribution in [0.3, 0.4) is 0 Å². The molecule has 43 heavy (non-hydrogen) atoms. The van der Waals surface area contributed by atoms with Gasteiger partial charge in [0.25, 0.3) is 12.0 Å². The number of imidazole rings is 1. The van der Waals surface area contributed by atoms with E-state index in [1.165, 1.54) is 10.7 Å². The maximum Gasteiger partial charge on any atom is 0.283 e. The van der Waals surface area contributed by atoms with Gasteiger partial charge in [-0.3, -0.25) is 4.79 Å². The van der Waals surface area contributed by atoms with Crippen molar-refractivity contribution in [2.24, 2.45) is 5.92 Å². The number of aryl methyl sites for hydroxylation is 1. The first kappa shape index (κ1) is 26.0. The van der Waals surface area contributed by atoms with Gasteiger partial charge in [0, 0.05) is 45.2 Å². The molecule has 2 N–H and O–H groups in total. The third-order valence-corrected chi connectivity index (χ3v) is 8.83. The number of nitrogens with zero attached hydrogens (tertiary/aromatic N) is 5. The van der Waals surface area contributed by atoms with E-state index in [0.29, 0.717) is 33.2 Å². The second-order valence-corrected chi connectivity index (χ2v) is 11.7. The minimum Gasteiger partial charge on any atom is -0.359 e. The van der Waals surface area contributed by atoms with Crippen molar-refractivity contribution in [3.8, 4) is 28.1 Å². The second-order valence-electron chi connectivity index (χ2n) is 11.3. The number of H-pyrrole nitrogens is 1. The summed E-state index contributed by atoms with van der Waals surface area (Å²) >= 11 is 6.32. The molecule has 5 heterocycles. The van der Waals surface area contributed by atoms with Crippen LogP contribution >= 0.6 is 11.6 Å². The number of rotatable bonds is 5. The van der Waals surface area contributed by atoms with Gasteiger partial charge >= 0.3 is 0 Å². The van der Waals surface area contributed by atoms with Crippen molar-refractivity contribution in [2.45, 2.75) is 37.6 Å². The van der Waals surface area contributed by atoms with Gasteiger partial charge in [0.05, 0.1) is 17.9 Å². The fraction of sp³-hybridized carbons (Fsp3) is 0.226. The number of anilines is 1. The van der Waals surface area contributed by atoms with Gasteiger partial charge in [-0.2, -0.15) is 4.39 Å². The normalized spacial score (nSPS) is 20.1. The zero-order valence-corrected chi connectivity index (χ0v) is 23.2. The number of fused-ring (bicyclic) bond motifs is 4. The molecular formula is C31H23ClF3N7O. The molecule has 12 heteroatoms. The van der Waals surface area contributed by atoms with Crippen LogP contribution in [0.1, 0.15) is 54.0 Å². The van der Waals surface area contributed by atoms with Gasteiger partial charge in [0.15, 0.2) is 0 Å². The Labute approximate surface area is 247 Å². The summed E-state index contributed by atoms with van der Waals surface area (Å²) in [4.78, 5) is 21.2. The molecule has 5 aromatic rings. The van der Waals surface area contributed by atoms with E-state index in [2.05, 4.69) is 32.2 Å². The molecule has 0 bridgehead atoms. The maximum atomic E-state index is 15.3. The highest BCUT2D eigenvalue weighted by Crippen LogP contribution is 2.60. The summed E-state index contributed by atoms with van der Waals surface area (Å²) in [6.07, 6.45) is 0.842. The molecule has 3 aromatic heterocycles. The Morgan fingerprint density at radius 3 is 2.74 bits per heavy atom. The number of alkyl halides is 2. The van der Waals surface area contributed by atoms with E-state index < -0.39 is 24.1 Å². The standard InChI is InChI=1S/C31H23ClF3N7O/c1-14-2-3-15-8-16(4-6-22(15)36-14)27-30(35)38-31(37-27)28-21-12-20(21)25-9-17(10-26(43)42(25)28)19-11-18(32)5-7-24(19)41-13-23(29(33)34)39-40-41/h4-11,13,20-21,28-29,36H,1-3,12H2,(H,37,38). The molecule has 0 amide bonds.